The van der Waals surface area contributed by atoms with Gasteiger partial charge in [0.05, 0.1) is 25.5 Å². The molecule has 1 fully saturated rings. The lowest BCUT2D eigenvalue weighted by Crippen LogP contribution is -2.43. The summed E-state index contributed by atoms with van der Waals surface area (Å²) in [5.74, 6) is 0.000651. The number of methoxy groups -OCH3 is 1. The van der Waals surface area contributed by atoms with Crippen LogP contribution in [0.1, 0.15) is 12.0 Å². The molecule has 0 radical (unpaired) electrons. The van der Waals surface area contributed by atoms with E-state index in [-0.39, 0.29) is 18.1 Å². The molecule has 2 rings (SSSR count). The number of aromatic nitrogens is 2. The van der Waals surface area contributed by atoms with Gasteiger partial charge in [0.15, 0.2) is 0 Å². The number of aryl methyl sites for hydroxylation is 2. The number of hydrogen-bond acceptors (Lipinski definition) is 4. The molecule has 0 aliphatic carbocycles. The summed E-state index contributed by atoms with van der Waals surface area (Å²) in [5.41, 5.74) is 1.10. The predicted octanol–water partition coefficient (Wildman–Crippen LogP) is 0.112. The summed E-state index contributed by atoms with van der Waals surface area (Å²) in [6.07, 6.45) is 4.07. The van der Waals surface area contributed by atoms with Crippen molar-refractivity contribution in [1.29, 1.82) is 0 Å². The number of ether oxygens (including phenoxy) is 2. The highest BCUT2D eigenvalue weighted by atomic mass is 16.5. The minimum Gasteiger partial charge on any atom is -0.377 e. The Hall–Kier alpha value is -1.40. The number of carbonyl (C=O) groups excluding carboxylic acids is 1. The molecule has 1 aromatic rings. The van der Waals surface area contributed by atoms with Crippen molar-refractivity contribution >= 4 is 5.91 Å². The van der Waals surface area contributed by atoms with Gasteiger partial charge in [-0.2, -0.15) is 5.10 Å². The number of carbonyl (C=O) groups is 1. The Morgan fingerprint density at radius 1 is 1.67 bits per heavy atom. The van der Waals surface area contributed by atoms with Gasteiger partial charge in [-0.1, -0.05) is 0 Å². The highest BCUT2D eigenvalue weighted by Gasteiger charge is 2.29. The third kappa shape index (κ3) is 3.30. The molecule has 0 saturated carbocycles. The van der Waals surface area contributed by atoms with E-state index in [1.165, 1.54) is 0 Å². The quantitative estimate of drug-likeness (QED) is 0.809. The van der Waals surface area contributed by atoms with Gasteiger partial charge in [0.25, 0.3) is 0 Å². The largest absolute Gasteiger partial charge is 0.377 e. The fourth-order valence-electron chi connectivity index (χ4n) is 1.99. The first-order valence-corrected chi connectivity index (χ1v) is 6.08. The number of nitrogens with one attached hydrogen (secondary N) is 1. The average molecular weight is 253 g/mol. The molecule has 6 nitrogen and oxygen atoms in total. The van der Waals surface area contributed by atoms with Gasteiger partial charge in [-0.25, -0.2) is 0 Å². The molecular weight excluding hydrogens is 234 g/mol. The Morgan fingerprint density at radius 2 is 2.50 bits per heavy atom. The molecule has 1 aromatic heterocycles. The third-order valence-corrected chi connectivity index (χ3v) is 3.01. The summed E-state index contributed by atoms with van der Waals surface area (Å²) < 4.78 is 12.3. The van der Waals surface area contributed by atoms with Crippen LogP contribution in [0.3, 0.4) is 0 Å². The van der Waals surface area contributed by atoms with Gasteiger partial charge in [0, 0.05) is 26.3 Å². The molecule has 0 bridgehead atoms. The first kappa shape index (κ1) is 13.0. The predicted molar refractivity (Wildman–Crippen MR) is 65.1 cm³/mol. The molecule has 6 heteroatoms. The van der Waals surface area contributed by atoms with Gasteiger partial charge >= 0.3 is 0 Å². The lowest BCUT2D eigenvalue weighted by molar-refractivity contribution is -0.122. The maximum absolute atomic E-state index is 11.8. The second-order valence-corrected chi connectivity index (χ2v) is 4.52. The summed E-state index contributed by atoms with van der Waals surface area (Å²) in [6, 6.07) is -0.0399. The van der Waals surface area contributed by atoms with Crippen LogP contribution in [0.4, 0.5) is 0 Å². The molecule has 0 spiro atoms. The van der Waals surface area contributed by atoms with E-state index >= 15 is 0 Å². The first-order valence-electron chi connectivity index (χ1n) is 6.08. The molecule has 1 aliphatic heterocycles. The molecule has 0 aromatic carbocycles. The van der Waals surface area contributed by atoms with Crippen molar-refractivity contribution in [3.05, 3.63) is 18.0 Å². The van der Waals surface area contributed by atoms with Crippen molar-refractivity contribution in [1.82, 2.24) is 15.1 Å². The Labute approximate surface area is 106 Å². The molecule has 18 heavy (non-hydrogen) atoms. The molecular formula is C12H19N3O3. The van der Waals surface area contributed by atoms with Crippen molar-refractivity contribution in [2.24, 2.45) is 0 Å². The molecule has 2 heterocycles. The summed E-state index contributed by atoms with van der Waals surface area (Å²) in [6.45, 7) is 3.62. The van der Waals surface area contributed by atoms with Crippen LogP contribution in [-0.4, -0.2) is 48.2 Å². The number of amides is 1. The van der Waals surface area contributed by atoms with E-state index in [1.54, 1.807) is 18.0 Å². The SMILES string of the molecule is CO[C@H]1COC[C@@H]1NC(=O)CCn1cc(C)cn1. The Balaban J connectivity index is 1.75. The lowest BCUT2D eigenvalue weighted by atomic mass is 10.2. The standard InChI is InChI=1S/C12H19N3O3/c1-9-5-13-15(6-9)4-3-12(16)14-10-7-18-8-11(10)17-2/h5-6,10-11H,3-4,7-8H2,1-2H3,(H,14,16)/t10-,11-/m0/s1. The summed E-state index contributed by atoms with van der Waals surface area (Å²) >= 11 is 0. The third-order valence-electron chi connectivity index (χ3n) is 3.01. The lowest BCUT2D eigenvalue weighted by Gasteiger charge is -2.17. The van der Waals surface area contributed by atoms with Crippen molar-refractivity contribution in [3.63, 3.8) is 0 Å². The van der Waals surface area contributed by atoms with Crippen LogP contribution in [0.15, 0.2) is 12.4 Å². The van der Waals surface area contributed by atoms with E-state index in [4.69, 9.17) is 9.47 Å². The molecule has 1 saturated heterocycles. The Kier molecular flexibility index (Phi) is 4.33. The fraction of sp³-hybridized carbons (Fsp3) is 0.667. The normalized spacial score (nSPS) is 23.2. The van der Waals surface area contributed by atoms with Gasteiger partial charge in [-0.15, -0.1) is 0 Å². The van der Waals surface area contributed by atoms with E-state index in [2.05, 4.69) is 10.4 Å². The van der Waals surface area contributed by atoms with Crippen LogP contribution in [0.25, 0.3) is 0 Å². The van der Waals surface area contributed by atoms with Crippen molar-refractivity contribution in [3.8, 4) is 0 Å². The van der Waals surface area contributed by atoms with Crippen LogP contribution in [0, 0.1) is 6.92 Å². The van der Waals surface area contributed by atoms with E-state index in [1.807, 2.05) is 13.1 Å². The molecule has 2 atom stereocenters. The van der Waals surface area contributed by atoms with Crippen LogP contribution < -0.4 is 5.32 Å². The zero-order valence-electron chi connectivity index (χ0n) is 10.8. The number of rotatable bonds is 5. The van der Waals surface area contributed by atoms with Crippen LogP contribution >= 0.6 is 0 Å². The highest BCUT2D eigenvalue weighted by Crippen LogP contribution is 2.09. The van der Waals surface area contributed by atoms with Crippen LogP contribution in [0.5, 0.6) is 0 Å². The highest BCUT2D eigenvalue weighted by molar-refractivity contribution is 5.76. The van der Waals surface area contributed by atoms with Gasteiger partial charge in [-0.3, -0.25) is 9.48 Å². The maximum atomic E-state index is 11.8. The average Bonchev–Trinajstić information content (AvgIpc) is 2.95. The molecule has 100 valence electrons. The number of nitrogens with zero attached hydrogens (tertiary/aromatic N) is 2. The minimum absolute atomic E-state index is 0.000651. The molecule has 0 unspecified atom stereocenters. The van der Waals surface area contributed by atoms with Gasteiger partial charge < -0.3 is 14.8 Å². The number of hydrogen-bond donors (Lipinski definition) is 1. The minimum atomic E-state index is -0.0408. The molecule has 1 N–H and O–H groups in total. The fourth-order valence-corrected chi connectivity index (χ4v) is 1.99. The molecule has 1 amide bonds. The van der Waals surface area contributed by atoms with Gasteiger partial charge in [-0.05, 0) is 12.5 Å². The van der Waals surface area contributed by atoms with Crippen molar-refractivity contribution < 1.29 is 14.3 Å². The summed E-state index contributed by atoms with van der Waals surface area (Å²) in [4.78, 5) is 11.8. The van der Waals surface area contributed by atoms with Gasteiger partial charge in [0.2, 0.25) is 5.91 Å². The second-order valence-electron chi connectivity index (χ2n) is 4.52. The molecule has 1 aliphatic rings. The van der Waals surface area contributed by atoms with E-state index < -0.39 is 0 Å². The van der Waals surface area contributed by atoms with E-state index in [0.29, 0.717) is 26.2 Å². The Morgan fingerprint density at radius 3 is 3.17 bits per heavy atom. The van der Waals surface area contributed by atoms with Crippen molar-refractivity contribution in [2.75, 3.05) is 20.3 Å². The van der Waals surface area contributed by atoms with Crippen LogP contribution in [-0.2, 0) is 20.8 Å². The summed E-state index contributed by atoms with van der Waals surface area (Å²) in [5, 5.41) is 7.06. The summed E-state index contributed by atoms with van der Waals surface area (Å²) in [7, 11) is 1.63. The van der Waals surface area contributed by atoms with Gasteiger partial charge in [0.1, 0.15) is 6.10 Å². The smallest absolute Gasteiger partial charge is 0.222 e. The van der Waals surface area contributed by atoms with E-state index in [0.717, 1.165) is 5.56 Å². The maximum Gasteiger partial charge on any atom is 0.222 e. The van der Waals surface area contributed by atoms with Crippen molar-refractivity contribution in [2.45, 2.75) is 32.0 Å². The monoisotopic (exact) mass is 253 g/mol. The zero-order valence-corrected chi connectivity index (χ0v) is 10.8. The second kappa shape index (κ2) is 5.97. The van der Waals surface area contributed by atoms with E-state index in [9.17, 15) is 4.79 Å². The van der Waals surface area contributed by atoms with Crippen LogP contribution in [0.2, 0.25) is 0 Å². The Bertz CT molecular complexity index is 405. The zero-order chi connectivity index (χ0) is 13.0. The topological polar surface area (TPSA) is 65.4 Å². The first-order chi connectivity index (χ1) is 8.69.